The lowest BCUT2D eigenvalue weighted by atomic mass is 9.88. The molecule has 46 heavy (non-hydrogen) atoms. The number of carbonyl (C=O) groups excluding carboxylic acids is 3. The third kappa shape index (κ3) is 10.8. The second kappa shape index (κ2) is 15.8. The zero-order chi connectivity index (χ0) is 33.4. The van der Waals surface area contributed by atoms with E-state index in [4.69, 9.17) is 24.7 Å². The molecule has 3 heterocycles. The van der Waals surface area contributed by atoms with E-state index in [1.165, 1.54) is 25.1 Å². The minimum absolute atomic E-state index is 0.0210. The van der Waals surface area contributed by atoms with Gasteiger partial charge < -0.3 is 35.3 Å². The van der Waals surface area contributed by atoms with Crippen molar-refractivity contribution in [1.82, 2.24) is 10.6 Å². The lowest BCUT2D eigenvalue weighted by Gasteiger charge is -2.39. The van der Waals surface area contributed by atoms with E-state index in [1.54, 1.807) is 19.1 Å². The topological polar surface area (TPSA) is 142 Å². The Morgan fingerprint density at radius 2 is 1.93 bits per heavy atom. The van der Waals surface area contributed by atoms with Gasteiger partial charge in [-0.15, -0.1) is 0 Å². The first kappa shape index (κ1) is 35.3. The summed E-state index contributed by atoms with van der Waals surface area (Å²) in [5.41, 5.74) is 7.09. The van der Waals surface area contributed by atoms with Gasteiger partial charge in [0.15, 0.2) is 0 Å². The summed E-state index contributed by atoms with van der Waals surface area (Å²) in [4.78, 5) is 36.1. The molecule has 252 valence electrons. The number of nitrogen functional groups attached to an aromatic ring is 1. The van der Waals surface area contributed by atoms with Gasteiger partial charge in [-0.2, -0.15) is 0 Å². The maximum Gasteiger partial charge on any atom is 0.303 e. The third-order valence-corrected chi connectivity index (χ3v) is 8.72. The molecule has 3 fully saturated rings. The SMILES string of the molecule is CC(=O)O[C@@H](C)/C=C\C(=O)N[C@@H]1C[C@H](C)[C@H](C/C=C(C)/C=C/[C@@H]2C[C@]3(CO3)C[C@@H](CC(=O)NCc3ccc(N)c(F)c3)O2)O[C@@H]1C. The van der Waals surface area contributed by atoms with Gasteiger partial charge in [-0.25, -0.2) is 4.39 Å². The molecule has 11 heteroatoms. The smallest absolute Gasteiger partial charge is 0.303 e. The Kier molecular flexibility index (Phi) is 12.2. The van der Waals surface area contributed by atoms with Crippen molar-refractivity contribution < 1.29 is 37.7 Å². The summed E-state index contributed by atoms with van der Waals surface area (Å²) in [6, 6.07) is 4.39. The maximum atomic E-state index is 13.7. The van der Waals surface area contributed by atoms with Gasteiger partial charge in [-0.3, -0.25) is 14.4 Å². The van der Waals surface area contributed by atoms with E-state index in [-0.39, 0.29) is 72.4 Å². The Hall–Kier alpha value is -3.54. The second-order valence-electron chi connectivity index (χ2n) is 12.9. The van der Waals surface area contributed by atoms with Gasteiger partial charge in [-0.05, 0) is 63.3 Å². The molecular formula is C35H48FN3O7. The van der Waals surface area contributed by atoms with Crippen molar-refractivity contribution in [2.45, 2.75) is 115 Å². The molecule has 1 aromatic carbocycles. The van der Waals surface area contributed by atoms with Crippen molar-refractivity contribution in [2.75, 3.05) is 12.3 Å². The van der Waals surface area contributed by atoms with Crippen molar-refractivity contribution in [3.05, 3.63) is 65.5 Å². The summed E-state index contributed by atoms with van der Waals surface area (Å²) < 4.78 is 37.1. The molecule has 2 amide bonds. The summed E-state index contributed by atoms with van der Waals surface area (Å²) in [5, 5.41) is 5.85. The maximum absolute atomic E-state index is 13.7. The summed E-state index contributed by atoms with van der Waals surface area (Å²) in [5.74, 6) is -1.07. The molecule has 3 aliphatic heterocycles. The molecule has 3 saturated heterocycles. The zero-order valence-corrected chi connectivity index (χ0v) is 27.4. The summed E-state index contributed by atoms with van der Waals surface area (Å²) in [6.45, 7) is 10.0. The van der Waals surface area contributed by atoms with E-state index < -0.39 is 17.9 Å². The van der Waals surface area contributed by atoms with Crippen LogP contribution in [0.3, 0.4) is 0 Å². The number of carbonyl (C=O) groups is 3. The number of hydrogen-bond acceptors (Lipinski definition) is 8. The number of anilines is 1. The Morgan fingerprint density at radius 1 is 1.17 bits per heavy atom. The molecule has 0 bridgehead atoms. The minimum Gasteiger partial charge on any atom is -0.459 e. The molecule has 0 radical (unpaired) electrons. The summed E-state index contributed by atoms with van der Waals surface area (Å²) in [6.07, 6.45) is 11.2. The van der Waals surface area contributed by atoms with E-state index in [0.29, 0.717) is 18.6 Å². The van der Waals surface area contributed by atoms with Crippen LogP contribution in [-0.2, 0) is 39.9 Å². The standard InChI is InChI=1S/C35H48FN3O7/c1-21(7-12-32-22(2)14-31(24(4)45-32)39-33(41)13-8-23(3)44-25(5)40)6-10-27-17-35(20-43-35)18-28(46-27)16-34(42)38-19-26-9-11-30(37)29(36)15-26/h6-11,13,15,22-24,27-28,31-32H,12,14,16-20,37H2,1-5H3,(H,38,42)(H,39,41)/b10-6+,13-8-,21-7+/t22-,23-,24+,27+,28+,31+,32-,35+/m0/s1. The van der Waals surface area contributed by atoms with Crippen molar-refractivity contribution in [3.63, 3.8) is 0 Å². The highest BCUT2D eigenvalue weighted by atomic mass is 19.1. The van der Waals surface area contributed by atoms with E-state index in [1.807, 2.05) is 26.0 Å². The highest BCUT2D eigenvalue weighted by Gasteiger charge is 2.51. The molecule has 1 spiro atoms. The van der Waals surface area contributed by atoms with Crippen LogP contribution in [0.25, 0.3) is 0 Å². The van der Waals surface area contributed by atoms with Crippen LogP contribution in [0.15, 0.2) is 54.2 Å². The number of nitrogens with two attached hydrogens (primary N) is 1. The Balaban J connectivity index is 1.22. The number of halogens is 1. The highest BCUT2D eigenvalue weighted by Crippen LogP contribution is 2.43. The van der Waals surface area contributed by atoms with Crippen LogP contribution in [-0.4, -0.2) is 66.6 Å². The molecule has 10 nitrogen and oxygen atoms in total. The van der Waals surface area contributed by atoms with Gasteiger partial charge in [0.05, 0.1) is 54.8 Å². The van der Waals surface area contributed by atoms with Gasteiger partial charge in [0.25, 0.3) is 0 Å². The Bertz CT molecular complexity index is 1340. The number of benzene rings is 1. The number of epoxide rings is 1. The number of allylic oxidation sites excluding steroid dienone is 2. The summed E-state index contributed by atoms with van der Waals surface area (Å²) in [7, 11) is 0. The first-order chi connectivity index (χ1) is 21.8. The van der Waals surface area contributed by atoms with Crippen molar-refractivity contribution in [1.29, 1.82) is 0 Å². The molecule has 0 saturated carbocycles. The van der Waals surface area contributed by atoms with Crippen LogP contribution in [0.4, 0.5) is 10.1 Å². The number of hydrogen-bond donors (Lipinski definition) is 3. The first-order valence-electron chi connectivity index (χ1n) is 16.1. The molecule has 3 aliphatic rings. The van der Waals surface area contributed by atoms with E-state index in [2.05, 4.69) is 23.6 Å². The van der Waals surface area contributed by atoms with E-state index in [9.17, 15) is 18.8 Å². The van der Waals surface area contributed by atoms with E-state index >= 15 is 0 Å². The van der Waals surface area contributed by atoms with Crippen LogP contribution < -0.4 is 16.4 Å². The Labute approximate surface area is 270 Å². The fourth-order valence-electron chi connectivity index (χ4n) is 6.04. The second-order valence-corrected chi connectivity index (χ2v) is 12.9. The number of nitrogens with one attached hydrogen (secondary N) is 2. The number of rotatable bonds is 12. The number of ether oxygens (including phenoxy) is 4. The van der Waals surface area contributed by atoms with Gasteiger partial charge in [0, 0.05) is 32.4 Å². The van der Waals surface area contributed by atoms with Gasteiger partial charge in [-0.1, -0.05) is 36.8 Å². The third-order valence-electron chi connectivity index (χ3n) is 8.72. The van der Waals surface area contributed by atoms with Crippen LogP contribution in [0, 0.1) is 11.7 Å². The van der Waals surface area contributed by atoms with Crippen molar-refractivity contribution in [3.8, 4) is 0 Å². The van der Waals surface area contributed by atoms with Crippen molar-refractivity contribution in [2.24, 2.45) is 5.92 Å². The monoisotopic (exact) mass is 641 g/mol. The Morgan fingerprint density at radius 3 is 2.63 bits per heavy atom. The zero-order valence-electron chi connectivity index (χ0n) is 27.4. The van der Waals surface area contributed by atoms with Gasteiger partial charge >= 0.3 is 5.97 Å². The largest absolute Gasteiger partial charge is 0.459 e. The first-order valence-corrected chi connectivity index (χ1v) is 16.1. The lowest BCUT2D eigenvalue weighted by Crippen LogP contribution is -2.50. The normalized spacial score (nSPS) is 30.3. The average Bonchev–Trinajstić information content (AvgIpc) is 3.73. The highest BCUT2D eigenvalue weighted by molar-refractivity contribution is 5.87. The number of esters is 1. The molecule has 4 N–H and O–H groups in total. The molecule has 0 unspecified atom stereocenters. The van der Waals surface area contributed by atoms with Crippen LogP contribution in [0.1, 0.15) is 72.3 Å². The molecule has 0 aromatic heterocycles. The average molecular weight is 642 g/mol. The predicted molar refractivity (Wildman–Crippen MR) is 172 cm³/mol. The quantitative estimate of drug-likeness (QED) is 0.100. The van der Waals surface area contributed by atoms with Gasteiger partial charge in [0.2, 0.25) is 11.8 Å². The van der Waals surface area contributed by atoms with Gasteiger partial charge in [0.1, 0.15) is 11.9 Å². The molecule has 0 aliphatic carbocycles. The van der Waals surface area contributed by atoms with Crippen LogP contribution in [0.5, 0.6) is 0 Å². The predicted octanol–water partition coefficient (Wildman–Crippen LogP) is 4.43. The summed E-state index contributed by atoms with van der Waals surface area (Å²) >= 11 is 0. The fraction of sp³-hybridized carbons (Fsp3) is 0.571. The van der Waals surface area contributed by atoms with E-state index in [0.717, 1.165) is 24.8 Å². The molecular weight excluding hydrogens is 593 g/mol. The van der Waals surface area contributed by atoms with Crippen LogP contribution in [0.2, 0.25) is 0 Å². The molecule has 1 aromatic rings. The molecule has 8 atom stereocenters. The fourth-order valence-corrected chi connectivity index (χ4v) is 6.04. The molecule has 4 rings (SSSR count). The minimum atomic E-state index is -0.502. The van der Waals surface area contributed by atoms with Crippen LogP contribution >= 0.6 is 0 Å². The lowest BCUT2D eigenvalue weighted by molar-refractivity contribution is -0.143. The van der Waals surface area contributed by atoms with Crippen molar-refractivity contribution >= 4 is 23.5 Å². The number of amides is 2.